The maximum absolute atomic E-state index is 13.2. The van der Waals surface area contributed by atoms with E-state index in [4.69, 9.17) is 9.47 Å². The first-order chi connectivity index (χ1) is 16.4. The van der Waals surface area contributed by atoms with Crippen LogP contribution in [0.1, 0.15) is 56.2 Å². The number of hydrogen-bond donors (Lipinski definition) is 1. The van der Waals surface area contributed by atoms with Crippen molar-refractivity contribution in [2.45, 2.75) is 52.5 Å². The van der Waals surface area contributed by atoms with Crippen molar-refractivity contribution >= 4 is 17.6 Å². The molecule has 1 heterocycles. The van der Waals surface area contributed by atoms with Crippen molar-refractivity contribution in [3.8, 4) is 11.5 Å². The van der Waals surface area contributed by atoms with Gasteiger partial charge in [0.05, 0.1) is 14.2 Å². The van der Waals surface area contributed by atoms with Crippen LogP contribution in [0.3, 0.4) is 0 Å². The second kappa shape index (κ2) is 11.8. The molecule has 0 bridgehead atoms. The molecule has 0 aliphatic carbocycles. The highest BCUT2D eigenvalue weighted by Crippen LogP contribution is 2.33. The number of nitrogens with one attached hydrogen (secondary N) is 1. The third-order valence-corrected chi connectivity index (χ3v) is 6.29. The molecule has 3 rings (SSSR count). The van der Waals surface area contributed by atoms with Gasteiger partial charge in [0.15, 0.2) is 11.5 Å². The van der Waals surface area contributed by atoms with Crippen LogP contribution in [-0.2, 0) is 17.8 Å². The number of unbranched alkanes of at least 4 members (excludes halogenated alkanes) is 1. The molecule has 1 N–H and O–H groups in total. The molecule has 34 heavy (non-hydrogen) atoms. The van der Waals surface area contributed by atoms with Gasteiger partial charge in [-0.2, -0.15) is 0 Å². The average Bonchev–Trinajstić information content (AvgIpc) is 2.85. The highest BCUT2D eigenvalue weighted by molar-refractivity contribution is 5.92. The minimum Gasteiger partial charge on any atom is -0.493 e. The van der Waals surface area contributed by atoms with Crippen molar-refractivity contribution in [1.29, 1.82) is 0 Å². The number of hydrogen-bond acceptors (Lipinski definition) is 4. The fourth-order valence-electron chi connectivity index (χ4n) is 4.11. The van der Waals surface area contributed by atoms with Gasteiger partial charge in [0.2, 0.25) is 5.91 Å². The third-order valence-electron chi connectivity index (χ3n) is 6.29. The molecule has 0 unspecified atom stereocenters. The van der Waals surface area contributed by atoms with E-state index in [1.54, 1.807) is 19.1 Å². The largest absolute Gasteiger partial charge is 0.493 e. The number of rotatable bonds is 9. The SMILES string of the molecule is CCCCN(CC(=O)N1CCc2cc(OC)c(OC)cc2C1)C(=O)Nc1ccc(C(C)C)cc1. The van der Waals surface area contributed by atoms with Crippen molar-refractivity contribution in [2.75, 3.05) is 39.2 Å². The second-order valence-corrected chi connectivity index (χ2v) is 9.02. The summed E-state index contributed by atoms with van der Waals surface area (Å²) in [6.45, 7) is 8.04. The number of benzene rings is 2. The minimum absolute atomic E-state index is 0.0538. The topological polar surface area (TPSA) is 71.1 Å². The van der Waals surface area contributed by atoms with Crippen molar-refractivity contribution in [3.63, 3.8) is 0 Å². The van der Waals surface area contributed by atoms with E-state index < -0.39 is 0 Å². The molecule has 2 aromatic rings. The summed E-state index contributed by atoms with van der Waals surface area (Å²) >= 11 is 0. The van der Waals surface area contributed by atoms with Crippen LogP contribution in [0, 0.1) is 0 Å². The van der Waals surface area contributed by atoms with Gasteiger partial charge in [-0.1, -0.05) is 39.3 Å². The summed E-state index contributed by atoms with van der Waals surface area (Å²) in [4.78, 5) is 29.6. The number of anilines is 1. The molecule has 0 saturated carbocycles. The Morgan fingerprint density at radius 3 is 2.29 bits per heavy atom. The zero-order chi connectivity index (χ0) is 24.7. The van der Waals surface area contributed by atoms with Crippen LogP contribution in [-0.4, -0.2) is 55.6 Å². The van der Waals surface area contributed by atoms with Gasteiger partial charge >= 0.3 is 6.03 Å². The summed E-state index contributed by atoms with van der Waals surface area (Å²) in [6.07, 6.45) is 2.53. The fourth-order valence-corrected chi connectivity index (χ4v) is 4.11. The first kappa shape index (κ1) is 25.4. The summed E-state index contributed by atoms with van der Waals surface area (Å²) in [6, 6.07) is 11.6. The predicted octanol–water partition coefficient (Wildman–Crippen LogP) is 5.05. The minimum atomic E-state index is -0.247. The number of methoxy groups -OCH3 is 2. The number of nitrogens with zero attached hydrogens (tertiary/aromatic N) is 2. The normalized spacial score (nSPS) is 12.8. The van der Waals surface area contributed by atoms with Crippen LogP contribution < -0.4 is 14.8 Å². The Morgan fingerprint density at radius 2 is 1.71 bits per heavy atom. The smallest absolute Gasteiger partial charge is 0.322 e. The van der Waals surface area contributed by atoms with E-state index in [2.05, 4.69) is 26.1 Å². The van der Waals surface area contributed by atoms with Gasteiger partial charge in [0.25, 0.3) is 0 Å². The predicted molar refractivity (Wildman–Crippen MR) is 135 cm³/mol. The third kappa shape index (κ3) is 6.22. The van der Waals surface area contributed by atoms with Crippen LogP contribution in [0.2, 0.25) is 0 Å². The van der Waals surface area contributed by atoms with Crippen LogP contribution >= 0.6 is 0 Å². The summed E-state index contributed by atoms with van der Waals surface area (Å²) in [5.41, 5.74) is 4.16. The van der Waals surface area contributed by atoms with Crippen molar-refractivity contribution in [3.05, 3.63) is 53.1 Å². The van der Waals surface area contributed by atoms with E-state index in [9.17, 15) is 9.59 Å². The molecule has 0 spiro atoms. The van der Waals surface area contributed by atoms with Gasteiger partial charge in [-0.15, -0.1) is 0 Å². The molecule has 1 aliphatic rings. The monoisotopic (exact) mass is 467 g/mol. The Labute approximate surface area is 203 Å². The van der Waals surface area contributed by atoms with Crippen molar-refractivity contribution in [2.24, 2.45) is 0 Å². The van der Waals surface area contributed by atoms with Crippen LogP contribution in [0.15, 0.2) is 36.4 Å². The highest BCUT2D eigenvalue weighted by Gasteiger charge is 2.25. The van der Waals surface area contributed by atoms with Crippen LogP contribution in [0.25, 0.3) is 0 Å². The van der Waals surface area contributed by atoms with E-state index >= 15 is 0 Å². The molecule has 184 valence electrons. The summed E-state index contributed by atoms with van der Waals surface area (Å²) in [5, 5.41) is 2.95. The molecule has 1 aliphatic heterocycles. The Hall–Kier alpha value is -3.22. The molecule has 0 saturated heterocycles. The first-order valence-corrected chi connectivity index (χ1v) is 12.0. The molecule has 0 radical (unpaired) electrons. The molecule has 3 amide bonds. The van der Waals surface area contributed by atoms with Crippen molar-refractivity contribution in [1.82, 2.24) is 9.80 Å². The zero-order valence-electron chi connectivity index (χ0n) is 21.0. The van der Waals surface area contributed by atoms with Crippen LogP contribution in [0.4, 0.5) is 10.5 Å². The maximum Gasteiger partial charge on any atom is 0.322 e. The number of carbonyl (C=O) groups is 2. The lowest BCUT2D eigenvalue weighted by atomic mass is 9.98. The standard InChI is InChI=1S/C27H37N3O4/c1-6-7-13-30(27(32)28-23-10-8-20(9-11-23)19(2)3)18-26(31)29-14-12-21-15-24(33-4)25(34-5)16-22(21)17-29/h8-11,15-16,19H,6-7,12-14,17-18H2,1-5H3,(H,28,32). The Morgan fingerprint density at radius 1 is 1.06 bits per heavy atom. The first-order valence-electron chi connectivity index (χ1n) is 12.0. The second-order valence-electron chi connectivity index (χ2n) is 9.02. The lowest BCUT2D eigenvalue weighted by Crippen LogP contribution is -2.46. The van der Waals surface area contributed by atoms with Gasteiger partial charge < -0.3 is 24.6 Å². The van der Waals surface area contributed by atoms with Gasteiger partial charge in [-0.25, -0.2) is 4.79 Å². The van der Waals surface area contributed by atoms with Gasteiger partial charge in [0, 0.05) is 25.3 Å². The molecule has 7 heteroatoms. The molecule has 0 atom stereocenters. The number of ether oxygens (including phenoxy) is 2. The molecule has 0 aromatic heterocycles. The Kier molecular flexibility index (Phi) is 8.79. The van der Waals surface area contributed by atoms with E-state index in [1.807, 2.05) is 41.3 Å². The molecule has 2 aromatic carbocycles. The van der Waals surface area contributed by atoms with E-state index in [0.717, 1.165) is 36.1 Å². The molecular weight excluding hydrogens is 430 g/mol. The van der Waals surface area contributed by atoms with Crippen LogP contribution in [0.5, 0.6) is 11.5 Å². The molecular formula is C27H37N3O4. The van der Waals surface area contributed by atoms with E-state index in [-0.39, 0.29) is 18.5 Å². The molecule has 7 nitrogen and oxygen atoms in total. The number of carbonyl (C=O) groups excluding carboxylic acids is 2. The number of fused-ring (bicyclic) bond motifs is 1. The summed E-state index contributed by atoms with van der Waals surface area (Å²) in [5.74, 6) is 1.73. The van der Waals surface area contributed by atoms with Gasteiger partial charge in [-0.05, 0) is 59.7 Å². The Balaban J connectivity index is 1.67. The lowest BCUT2D eigenvalue weighted by molar-refractivity contribution is -0.132. The summed E-state index contributed by atoms with van der Waals surface area (Å²) < 4.78 is 10.8. The lowest BCUT2D eigenvalue weighted by Gasteiger charge is -2.32. The fraction of sp³-hybridized carbons (Fsp3) is 0.481. The quantitative estimate of drug-likeness (QED) is 0.560. The van der Waals surface area contributed by atoms with E-state index in [1.165, 1.54) is 5.56 Å². The molecule has 0 fully saturated rings. The Bertz CT molecular complexity index is 988. The highest BCUT2D eigenvalue weighted by atomic mass is 16.5. The summed E-state index contributed by atoms with van der Waals surface area (Å²) in [7, 11) is 3.23. The zero-order valence-corrected chi connectivity index (χ0v) is 21.0. The van der Waals surface area contributed by atoms with Crippen molar-refractivity contribution < 1.29 is 19.1 Å². The van der Waals surface area contributed by atoms with Gasteiger partial charge in [0.1, 0.15) is 6.54 Å². The van der Waals surface area contributed by atoms with Gasteiger partial charge in [-0.3, -0.25) is 4.79 Å². The maximum atomic E-state index is 13.2. The number of urea groups is 1. The van der Waals surface area contributed by atoms with E-state index in [0.29, 0.717) is 37.1 Å². The average molecular weight is 468 g/mol. The number of amides is 3.